The van der Waals surface area contributed by atoms with E-state index in [1.54, 1.807) is 6.20 Å². The van der Waals surface area contributed by atoms with Crippen LogP contribution in [-0.2, 0) is 0 Å². The zero-order valence-electron chi connectivity index (χ0n) is 9.49. The number of ether oxygens (including phenoxy) is 1. The fourth-order valence-corrected chi connectivity index (χ4v) is 1.89. The number of nitrogens with zero attached hydrogens (tertiary/aromatic N) is 2. The number of fused-ring (bicyclic) bond motifs is 1. The highest BCUT2D eigenvalue weighted by Crippen LogP contribution is 2.34. The van der Waals surface area contributed by atoms with Gasteiger partial charge < -0.3 is 4.74 Å². The van der Waals surface area contributed by atoms with Gasteiger partial charge in [-0.3, -0.25) is 0 Å². The van der Waals surface area contributed by atoms with Crippen LogP contribution in [0.4, 0.5) is 0 Å². The van der Waals surface area contributed by atoms with Crippen LogP contribution in [0.3, 0.4) is 0 Å². The Kier molecular flexibility index (Phi) is 2.97. The van der Waals surface area contributed by atoms with Gasteiger partial charge in [-0.15, -0.1) is 0 Å². The number of hydrogen-bond acceptors (Lipinski definition) is 3. The summed E-state index contributed by atoms with van der Waals surface area (Å²) in [7, 11) is 0. The van der Waals surface area contributed by atoms with Crippen LogP contribution < -0.4 is 4.74 Å². The number of benzene rings is 1. The fraction of sp³-hybridized carbons (Fsp3) is 0.333. The van der Waals surface area contributed by atoms with Crippen molar-refractivity contribution in [3.8, 4) is 5.75 Å². The molecule has 1 aromatic heterocycles. The largest absolute Gasteiger partial charge is 0.487 e. The van der Waals surface area contributed by atoms with Gasteiger partial charge in [-0.25, -0.2) is 9.97 Å². The van der Waals surface area contributed by atoms with Crippen molar-refractivity contribution in [1.29, 1.82) is 0 Å². The van der Waals surface area contributed by atoms with Crippen LogP contribution in [0.15, 0.2) is 18.6 Å². The van der Waals surface area contributed by atoms with Gasteiger partial charge in [-0.05, 0) is 32.4 Å². The van der Waals surface area contributed by atoms with Gasteiger partial charge in [0.1, 0.15) is 11.8 Å². The van der Waals surface area contributed by atoms with Crippen LogP contribution >= 0.6 is 11.6 Å². The lowest BCUT2D eigenvalue weighted by Crippen LogP contribution is -2.07. The van der Waals surface area contributed by atoms with Crippen molar-refractivity contribution in [2.24, 2.45) is 0 Å². The summed E-state index contributed by atoms with van der Waals surface area (Å²) < 4.78 is 5.69. The molecule has 3 nitrogen and oxygen atoms in total. The molecule has 0 N–H and O–H groups in total. The molecule has 0 bridgehead atoms. The second-order valence-electron chi connectivity index (χ2n) is 3.96. The number of aromatic nitrogens is 2. The van der Waals surface area contributed by atoms with Crippen molar-refractivity contribution >= 4 is 22.5 Å². The Morgan fingerprint density at radius 1 is 1.38 bits per heavy atom. The van der Waals surface area contributed by atoms with E-state index in [9.17, 15) is 0 Å². The van der Waals surface area contributed by atoms with Gasteiger partial charge in [0.05, 0.1) is 11.1 Å². The lowest BCUT2D eigenvalue weighted by atomic mass is 10.1. The molecule has 4 heteroatoms. The van der Waals surface area contributed by atoms with Crippen LogP contribution in [0.2, 0.25) is 5.02 Å². The summed E-state index contributed by atoms with van der Waals surface area (Å²) in [6, 6.07) is 1.88. The van der Waals surface area contributed by atoms with Crippen LogP contribution in [0.25, 0.3) is 10.9 Å². The number of aryl methyl sites for hydroxylation is 1. The van der Waals surface area contributed by atoms with Crippen LogP contribution in [-0.4, -0.2) is 16.1 Å². The van der Waals surface area contributed by atoms with Crippen LogP contribution in [0.5, 0.6) is 5.75 Å². The van der Waals surface area contributed by atoms with Crippen molar-refractivity contribution in [2.45, 2.75) is 26.9 Å². The standard InChI is InChI=1S/C12H13ClN2O/c1-7(2)16-12-10(13)4-8(3)9-5-14-6-15-11(9)12/h4-7H,1-3H3. The maximum Gasteiger partial charge on any atom is 0.164 e. The lowest BCUT2D eigenvalue weighted by molar-refractivity contribution is 0.245. The topological polar surface area (TPSA) is 35.0 Å². The quantitative estimate of drug-likeness (QED) is 0.802. The Morgan fingerprint density at radius 2 is 2.12 bits per heavy atom. The van der Waals surface area contributed by atoms with E-state index < -0.39 is 0 Å². The summed E-state index contributed by atoms with van der Waals surface area (Å²) in [6.07, 6.45) is 3.35. The minimum absolute atomic E-state index is 0.0679. The molecule has 0 aliphatic heterocycles. The Morgan fingerprint density at radius 3 is 2.81 bits per heavy atom. The van der Waals surface area contributed by atoms with Crippen molar-refractivity contribution in [2.75, 3.05) is 0 Å². The third-order valence-electron chi connectivity index (χ3n) is 2.27. The Bertz CT molecular complexity index is 526. The number of rotatable bonds is 2. The van der Waals surface area contributed by atoms with E-state index in [4.69, 9.17) is 16.3 Å². The molecule has 0 amide bonds. The molecule has 0 saturated carbocycles. The molecule has 1 aromatic carbocycles. The Balaban J connectivity index is 2.71. The second-order valence-corrected chi connectivity index (χ2v) is 4.36. The minimum atomic E-state index is 0.0679. The van der Waals surface area contributed by atoms with Gasteiger partial charge in [-0.2, -0.15) is 0 Å². The van der Waals surface area contributed by atoms with Crippen molar-refractivity contribution in [1.82, 2.24) is 9.97 Å². The van der Waals surface area contributed by atoms with Crippen molar-refractivity contribution in [3.63, 3.8) is 0 Å². The minimum Gasteiger partial charge on any atom is -0.487 e. The monoisotopic (exact) mass is 236 g/mol. The summed E-state index contributed by atoms with van der Waals surface area (Å²) in [5.41, 5.74) is 1.82. The molecular formula is C12H13ClN2O. The maximum atomic E-state index is 6.17. The van der Waals surface area contributed by atoms with Crippen LogP contribution in [0.1, 0.15) is 19.4 Å². The third kappa shape index (κ3) is 1.95. The molecule has 0 aliphatic rings. The van der Waals surface area contributed by atoms with Crippen LogP contribution in [0, 0.1) is 6.92 Å². The highest BCUT2D eigenvalue weighted by molar-refractivity contribution is 6.33. The summed E-state index contributed by atoms with van der Waals surface area (Å²) in [4.78, 5) is 8.25. The highest BCUT2D eigenvalue weighted by atomic mass is 35.5. The Labute approximate surface area is 99.4 Å². The smallest absolute Gasteiger partial charge is 0.164 e. The SMILES string of the molecule is Cc1cc(Cl)c(OC(C)C)c2ncncc12. The predicted molar refractivity (Wildman–Crippen MR) is 65.0 cm³/mol. The predicted octanol–water partition coefficient (Wildman–Crippen LogP) is 3.38. The molecule has 0 aliphatic carbocycles. The van der Waals surface area contributed by atoms with Crippen molar-refractivity contribution < 1.29 is 4.74 Å². The highest BCUT2D eigenvalue weighted by Gasteiger charge is 2.12. The van der Waals surface area contributed by atoms with Gasteiger partial charge in [-0.1, -0.05) is 11.6 Å². The Hall–Kier alpha value is -1.35. The molecule has 0 fully saturated rings. The molecule has 2 rings (SSSR count). The molecule has 0 spiro atoms. The zero-order valence-corrected chi connectivity index (χ0v) is 10.2. The molecule has 0 radical (unpaired) electrons. The molecule has 84 valence electrons. The lowest BCUT2D eigenvalue weighted by Gasteiger charge is -2.14. The average molecular weight is 237 g/mol. The summed E-state index contributed by atoms with van der Waals surface area (Å²) in [6.45, 7) is 5.91. The third-order valence-corrected chi connectivity index (χ3v) is 2.55. The van der Waals surface area contributed by atoms with Crippen molar-refractivity contribution in [3.05, 3.63) is 29.2 Å². The molecule has 0 atom stereocenters. The first kappa shape index (κ1) is 11.1. The normalized spacial score (nSPS) is 11.1. The molecule has 16 heavy (non-hydrogen) atoms. The molecule has 1 heterocycles. The fourth-order valence-electron chi connectivity index (χ4n) is 1.59. The van der Waals surface area contributed by atoms with E-state index in [0.29, 0.717) is 10.8 Å². The van der Waals surface area contributed by atoms with E-state index >= 15 is 0 Å². The molecule has 0 saturated heterocycles. The number of halogens is 1. The van der Waals surface area contributed by atoms with E-state index in [0.717, 1.165) is 16.5 Å². The van der Waals surface area contributed by atoms with Gasteiger partial charge in [0.15, 0.2) is 5.75 Å². The first-order chi connectivity index (χ1) is 7.59. The van der Waals surface area contributed by atoms with E-state index in [1.165, 1.54) is 6.33 Å². The first-order valence-electron chi connectivity index (χ1n) is 5.15. The van der Waals surface area contributed by atoms with Gasteiger partial charge in [0, 0.05) is 11.6 Å². The first-order valence-corrected chi connectivity index (χ1v) is 5.53. The molecule has 0 unspecified atom stereocenters. The zero-order chi connectivity index (χ0) is 11.7. The summed E-state index contributed by atoms with van der Waals surface area (Å²) >= 11 is 6.17. The average Bonchev–Trinajstić information content (AvgIpc) is 2.24. The summed E-state index contributed by atoms with van der Waals surface area (Å²) in [5.74, 6) is 0.639. The number of hydrogen-bond donors (Lipinski definition) is 0. The van der Waals surface area contributed by atoms with Gasteiger partial charge in [0.25, 0.3) is 0 Å². The molecular weight excluding hydrogens is 224 g/mol. The van der Waals surface area contributed by atoms with Gasteiger partial charge >= 0.3 is 0 Å². The summed E-state index contributed by atoms with van der Waals surface area (Å²) in [5, 5.41) is 1.57. The van der Waals surface area contributed by atoms with E-state index in [2.05, 4.69) is 9.97 Å². The van der Waals surface area contributed by atoms with Gasteiger partial charge in [0.2, 0.25) is 0 Å². The second kappa shape index (κ2) is 4.26. The van der Waals surface area contributed by atoms with E-state index in [1.807, 2.05) is 26.8 Å². The van der Waals surface area contributed by atoms with E-state index in [-0.39, 0.29) is 6.10 Å². The molecule has 2 aromatic rings. The maximum absolute atomic E-state index is 6.17.